The van der Waals surface area contributed by atoms with Gasteiger partial charge in [0.05, 0.1) is 6.04 Å². The first-order valence-corrected chi connectivity index (χ1v) is 8.76. The lowest BCUT2D eigenvalue weighted by Gasteiger charge is -2.28. The van der Waals surface area contributed by atoms with Crippen LogP contribution in [0.25, 0.3) is 0 Å². The minimum atomic E-state index is -0.620. The van der Waals surface area contributed by atoms with E-state index in [2.05, 4.69) is 0 Å². The summed E-state index contributed by atoms with van der Waals surface area (Å²) in [6.45, 7) is 2.10. The molecule has 2 aromatic rings. The molecule has 0 heterocycles. The quantitative estimate of drug-likeness (QED) is 0.747. The minimum Gasteiger partial charge on any atom is -0.445 e. The molecule has 1 atom stereocenters. The second-order valence-electron chi connectivity index (χ2n) is 6.12. The highest BCUT2D eigenvalue weighted by Gasteiger charge is 2.26. The molecule has 0 saturated heterocycles. The molecule has 0 aliphatic carbocycles. The Morgan fingerprint density at radius 1 is 1.00 bits per heavy atom. The predicted molar refractivity (Wildman–Crippen MR) is 99.4 cm³/mol. The van der Waals surface area contributed by atoms with Crippen molar-refractivity contribution in [2.75, 3.05) is 6.61 Å². The van der Waals surface area contributed by atoms with E-state index in [1.807, 2.05) is 60.7 Å². The van der Waals surface area contributed by atoms with E-state index in [1.54, 1.807) is 6.92 Å². The lowest BCUT2D eigenvalue weighted by Crippen LogP contribution is -2.43. The lowest BCUT2D eigenvalue weighted by molar-refractivity contribution is -0.123. The molecule has 0 fully saturated rings. The van der Waals surface area contributed by atoms with E-state index in [-0.39, 0.29) is 25.4 Å². The molecule has 0 radical (unpaired) electrons. The second kappa shape index (κ2) is 10.4. The van der Waals surface area contributed by atoms with Crippen LogP contribution in [-0.4, -0.2) is 34.5 Å². The maximum absolute atomic E-state index is 12.6. The van der Waals surface area contributed by atoms with Crippen LogP contribution in [0.1, 0.15) is 30.9 Å². The highest BCUT2D eigenvalue weighted by atomic mass is 16.6. The van der Waals surface area contributed by atoms with Crippen LogP contribution in [0.4, 0.5) is 4.79 Å². The monoisotopic (exact) mass is 355 g/mol. The van der Waals surface area contributed by atoms with Crippen LogP contribution in [0.5, 0.6) is 0 Å². The van der Waals surface area contributed by atoms with Crippen LogP contribution in [0, 0.1) is 0 Å². The Balaban J connectivity index is 2.07. The van der Waals surface area contributed by atoms with Gasteiger partial charge in [-0.15, -0.1) is 0 Å². The van der Waals surface area contributed by atoms with Gasteiger partial charge in [-0.2, -0.15) is 0 Å². The van der Waals surface area contributed by atoms with Crippen LogP contribution in [0.15, 0.2) is 60.7 Å². The zero-order valence-electron chi connectivity index (χ0n) is 15.0. The van der Waals surface area contributed by atoms with Crippen molar-refractivity contribution >= 4 is 11.9 Å². The van der Waals surface area contributed by atoms with Gasteiger partial charge < -0.3 is 9.84 Å². The Kier molecular flexibility index (Phi) is 7.83. The predicted octanol–water partition coefficient (Wildman–Crippen LogP) is 3.56. The third-order valence-electron chi connectivity index (χ3n) is 4.15. The zero-order valence-corrected chi connectivity index (χ0v) is 15.0. The van der Waals surface area contributed by atoms with Crippen LogP contribution in [0.3, 0.4) is 0 Å². The first kappa shape index (κ1) is 19.7. The third kappa shape index (κ3) is 6.01. The van der Waals surface area contributed by atoms with Crippen molar-refractivity contribution < 1.29 is 19.4 Å². The fourth-order valence-electron chi connectivity index (χ4n) is 2.58. The molecule has 2 aromatic carbocycles. The second-order valence-corrected chi connectivity index (χ2v) is 6.12. The first-order chi connectivity index (χ1) is 12.6. The molecule has 26 heavy (non-hydrogen) atoms. The lowest BCUT2D eigenvalue weighted by atomic mass is 10.1. The maximum Gasteiger partial charge on any atom is 0.411 e. The number of benzene rings is 2. The Morgan fingerprint density at radius 3 is 2.15 bits per heavy atom. The van der Waals surface area contributed by atoms with E-state index in [1.165, 1.54) is 4.90 Å². The first-order valence-electron chi connectivity index (χ1n) is 8.76. The molecule has 5 nitrogen and oxygen atoms in total. The van der Waals surface area contributed by atoms with Gasteiger partial charge in [-0.05, 0) is 24.5 Å². The Bertz CT molecular complexity index is 688. The maximum atomic E-state index is 12.6. The number of aliphatic hydroxyl groups excluding tert-OH is 1. The van der Waals surface area contributed by atoms with E-state index in [9.17, 15) is 9.59 Å². The molecule has 1 amide bonds. The van der Waals surface area contributed by atoms with Crippen molar-refractivity contribution in [3.63, 3.8) is 0 Å². The fraction of sp³-hybridized carbons (Fsp3) is 0.333. The minimum absolute atomic E-state index is 0.0460. The summed E-state index contributed by atoms with van der Waals surface area (Å²) < 4.78 is 5.42. The topological polar surface area (TPSA) is 66.8 Å². The van der Waals surface area contributed by atoms with Gasteiger partial charge in [-0.25, -0.2) is 4.79 Å². The molecular weight excluding hydrogens is 330 g/mol. The van der Waals surface area contributed by atoms with E-state index in [0.717, 1.165) is 11.1 Å². The number of hydrogen-bond donors (Lipinski definition) is 1. The molecule has 0 unspecified atom stereocenters. The highest BCUT2D eigenvalue weighted by Crippen LogP contribution is 2.14. The number of aliphatic hydroxyl groups is 1. The highest BCUT2D eigenvalue weighted by molar-refractivity contribution is 5.87. The summed E-state index contributed by atoms with van der Waals surface area (Å²) in [5.41, 5.74) is 1.81. The Morgan fingerprint density at radius 2 is 1.58 bits per heavy atom. The van der Waals surface area contributed by atoms with Gasteiger partial charge >= 0.3 is 6.09 Å². The van der Waals surface area contributed by atoms with Crippen LogP contribution >= 0.6 is 0 Å². The molecule has 0 aromatic heterocycles. The van der Waals surface area contributed by atoms with Crippen molar-refractivity contribution in [3.8, 4) is 0 Å². The summed E-state index contributed by atoms with van der Waals surface area (Å²) in [6, 6.07) is 18.3. The van der Waals surface area contributed by atoms with Crippen LogP contribution < -0.4 is 0 Å². The van der Waals surface area contributed by atoms with Gasteiger partial charge in [0.15, 0.2) is 5.78 Å². The van der Waals surface area contributed by atoms with E-state index < -0.39 is 12.1 Å². The number of ether oxygens (including phenoxy) is 1. The van der Waals surface area contributed by atoms with Gasteiger partial charge in [0.1, 0.15) is 6.61 Å². The number of nitrogens with zero attached hydrogens (tertiary/aromatic N) is 1. The largest absolute Gasteiger partial charge is 0.445 e. The van der Waals surface area contributed by atoms with Gasteiger partial charge in [-0.1, -0.05) is 60.7 Å². The molecule has 0 aliphatic heterocycles. The third-order valence-corrected chi connectivity index (χ3v) is 4.15. The number of amides is 1. The molecule has 5 heteroatoms. The Hall–Kier alpha value is -2.66. The average molecular weight is 355 g/mol. The molecular formula is C21H25NO4. The standard InChI is InChI=1S/C21H25NO4/c1-17(20(24)13-8-14-23)22(15-18-9-4-2-5-10-18)21(25)26-16-19-11-6-3-7-12-19/h2-7,9-12,17,23H,8,13-16H2,1H3/t17-/m0/s1. The van der Waals surface area contributed by atoms with Gasteiger partial charge in [0.2, 0.25) is 0 Å². The number of ketones is 1. The van der Waals surface area contributed by atoms with E-state index in [4.69, 9.17) is 9.84 Å². The van der Waals surface area contributed by atoms with Crippen molar-refractivity contribution in [1.29, 1.82) is 0 Å². The van der Waals surface area contributed by atoms with E-state index in [0.29, 0.717) is 13.0 Å². The molecule has 2 rings (SSSR count). The van der Waals surface area contributed by atoms with Gasteiger partial charge in [0, 0.05) is 19.6 Å². The fourth-order valence-corrected chi connectivity index (χ4v) is 2.58. The van der Waals surface area contributed by atoms with Gasteiger partial charge in [0.25, 0.3) is 0 Å². The molecule has 0 bridgehead atoms. The Labute approximate surface area is 154 Å². The van der Waals surface area contributed by atoms with Crippen molar-refractivity contribution in [3.05, 3.63) is 71.8 Å². The van der Waals surface area contributed by atoms with Crippen LogP contribution in [-0.2, 0) is 22.7 Å². The number of rotatable bonds is 9. The summed E-state index contributed by atoms with van der Waals surface area (Å²) >= 11 is 0. The summed E-state index contributed by atoms with van der Waals surface area (Å²) in [7, 11) is 0. The van der Waals surface area contributed by atoms with E-state index >= 15 is 0 Å². The zero-order chi connectivity index (χ0) is 18.8. The molecule has 0 spiro atoms. The molecule has 0 aliphatic rings. The number of carbonyl (C=O) groups is 2. The van der Waals surface area contributed by atoms with Gasteiger partial charge in [-0.3, -0.25) is 9.69 Å². The van der Waals surface area contributed by atoms with Crippen molar-refractivity contribution in [2.45, 2.75) is 39.0 Å². The van der Waals surface area contributed by atoms with Crippen molar-refractivity contribution in [1.82, 2.24) is 4.90 Å². The summed E-state index contributed by atoms with van der Waals surface area (Å²) in [6.07, 6.45) is 0.0960. The molecule has 1 N–H and O–H groups in total. The SMILES string of the molecule is C[C@@H](C(=O)CCCO)N(Cc1ccccc1)C(=O)OCc1ccccc1. The average Bonchev–Trinajstić information content (AvgIpc) is 2.69. The molecule has 138 valence electrons. The summed E-state index contributed by atoms with van der Waals surface area (Å²) in [5.74, 6) is -0.0911. The number of carbonyl (C=O) groups excluding carboxylic acids is 2. The smallest absolute Gasteiger partial charge is 0.411 e. The number of hydrogen-bond acceptors (Lipinski definition) is 4. The summed E-state index contributed by atoms with van der Waals surface area (Å²) in [5, 5.41) is 8.93. The van der Waals surface area contributed by atoms with Crippen LogP contribution in [0.2, 0.25) is 0 Å². The van der Waals surface area contributed by atoms with Crippen molar-refractivity contribution in [2.24, 2.45) is 0 Å². The normalized spacial score (nSPS) is 11.6. The number of Topliss-reactive ketones (excluding diaryl/α,β-unsaturated/α-hetero) is 1. The molecule has 0 saturated carbocycles. The summed E-state index contributed by atoms with van der Waals surface area (Å²) in [4.78, 5) is 26.4.